The number of anilines is 1. The zero-order valence-electron chi connectivity index (χ0n) is 15.7. The Morgan fingerprint density at radius 3 is 2.45 bits per heavy atom. The van der Waals surface area contributed by atoms with Crippen molar-refractivity contribution >= 4 is 46.9 Å². The quantitative estimate of drug-likeness (QED) is 0.368. The average molecular weight is 436 g/mol. The summed E-state index contributed by atoms with van der Waals surface area (Å²) in [5, 5.41) is 11.1. The number of rotatable bonds is 4. The average Bonchev–Trinajstić information content (AvgIpc) is 3.21. The molecule has 0 saturated carbocycles. The number of nitrogens with one attached hydrogen (secondary N) is 1. The molecule has 1 aromatic heterocycles. The summed E-state index contributed by atoms with van der Waals surface area (Å²) in [4.78, 5) is 37.2. The Morgan fingerprint density at radius 2 is 1.77 bits per heavy atom. The van der Waals surface area contributed by atoms with Crippen molar-refractivity contribution < 1.29 is 28.3 Å². The van der Waals surface area contributed by atoms with E-state index in [2.05, 4.69) is 5.32 Å². The molecule has 0 unspecified atom stereocenters. The fraction of sp³-hybridized carbons (Fsp3) is 0. The highest BCUT2D eigenvalue weighted by atomic mass is 32.1. The van der Waals surface area contributed by atoms with Crippen LogP contribution >= 0.6 is 12.2 Å². The van der Waals surface area contributed by atoms with Crippen LogP contribution in [0.4, 0.5) is 10.1 Å². The molecule has 0 spiro atoms. The molecule has 2 heterocycles. The molecule has 0 radical (unpaired) electrons. The molecule has 0 atom stereocenters. The van der Waals surface area contributed by atoms with Gasteiger partial charge in [0.2, 0.25) is 0 Å². The predicted octanol–water partition coefficient (Wildman–Crippen LogP) is 3.62. The molecule has 7 nitrogen and oxygen atoms in total. The number of carbonyl (C=O) groups is 3. The number of carboxylic acid groups (broad SMARTS) is 1. The normalized spacial score (nSPS) is 15.3. The Kier molecular flexibility index (Phi) is 5.18. The predicted molar refractivity (Wildman–Crippen MR) is 114 cm³/mol. The fourth-order valence-electron chi connectivity index (χ4n) is 3.01. The molecule has 2 amide bonds. The van der Waals surface area contributed by atoms with Gasteiger partial charge >= 0.3 is 5.97 Å². The highest BCUT2D eigenvalue weighted by molar-refractivity contribution is 7.80. The lowest BCUT2D eigenvalue weighted by Gasteiger charge is -2.28. The Hall–Kier alpha value is -4.11. The number of carbonyl (C=O) groups excluding carboxylic acids is 2. The van der Waals surface area contributed by atoms with Crippen LogP contribution in [0.25, 0.3) is 17.4 Å². The van der Waals surface area contributed by atoms with Gasteiger partial charge in [0.25, 0.3) is 11.8 Å². The number of thiocarbonyl (C=S) groups is 1. The first-order chi connectivity index (χ1) is 14.8. The fourth-order valence-corrected chi connectivity index (χ4v) is 3.29. The number of amides is 2. The summed E-state index contributed by atoms with van der Waals surface area (Å²) in [5.74, 6) is -2.62. The van der Waals surface area contributed by atoms with Crippen LogP contribution in [-0.2, 0) is 9.59 Å². The van der Waals surface area contributed by atoms with Gasteiger partial charge in [-0.05, 0) is 54.7 Å². The van der Waals surface area contributed by atoms with Crippen molar-refractivity contribution in [1.29, 1.82) is 0 Å². The molecule has 31 heavy (non-hydrogen) atoms. The van der Waals surface area contributed by atoms with E-state index in [1.807, 2.05) is 0 Å². The van der Waals surface area contributed by atoms with Crippen molar-refractivity contribution in [2.24, 2.45) is 0 Å². The van der Waals surface area contributed by atoms with Crippen molar-refractivity contribution in [2.75, 3.05) is 4.90 Å². The van der Waals surface area contributed by atoms with Crippen LogP contribution in [0.3, 0.4) is 0 Å². The van der Waals surface area contributed by atoms with Gasteiger partial charge in [0, 0.05) is 5.56 Å². The molecule has 2 aromatic carbocycles. The molecule has 0 bridgehead atoms. The minimum absolute atomic E-state index is 0.0814. The van der Waals surface area contributed by atoms with E-state index >= 15 is 0 Å². The summed E-state index contributed by atoms with van der Waals surface area (Å²) >= 11 is 5.05. The molecular formula is C22H13FN2O5S. The molecule has 1 aliphatic heterocycles. The summed E-state index contributed by atoms with van der Waals surface area (Å²) < 4.78 is 19.9. The number of hydrogen-bond donors (Lipinski definition) is 2. The summed E-state index contributed by atoms with van der Waals surface area (Å²) in [7, 11) is 0. The van der Waals surface area contributed by atoms with Crippen LogP contribution in [0.15, 0.2) is 70.7 Å². The molecule has 9 heteroatoms. The molecule has 1 aliphatic rings. The lowest BCUT2D eigenvalue weighted by molar-refractivity contribution is -0.122. The smallest absolute Gasteiger partial charge is 0.335 e. The van der Waals surface area contributed by atoms with Crippen molar-refractivity contribution in [2.45, 2.75) is 0 Å². The third kappa shape index (κ3) is 3.86. The Balaban J connectivity index is 1.65. The number of carboxylic acids is 1. The van der Waals surface area contributed by atoms with Crippen molar-refractivity contribution in [3.05, 3.63) is 83.4 Å². The van der Waals surface area contributed by atoms with E-state index in [0.717, 1.165) is 4.90 Å². The Morgan fingerprint density at radius 1 is 1.06 bits per heavy atom. The number of halogens is 1. The van der Waals surface area contributed by atoms with Gasteiger partial charge in [0.05, 0.1) is 11.3 Å². The Bertz CT molecular complexity index is 1260. The van der Waals surface area contributed by atoms with Gasteiger partial charge in [-0.15, -0.1) is 0 Å². The van der Waals surface area contributed by atoms with Gasteiger partial charge in [-0.3, -0.25) is 14.9 Å². The number of aromatic carboxylic acids is 1. The maximum atomic E-state index is 14.2. The van der Waals surface area contributed by atoms with E-state index in [1.54, 1.807) is 30.3 Å². The van der Waals surface area contributed by atoms with Crippen LogP contribution in [0.5, 0.6) is 0 Å². The van der Waals surface area contributed by atoms with Crippen LogP contribution in [-0.4, -0.2) is 28.0 Å². The van der Waals surface area contributed by atoms with Gasteiger partial charge in [-0.2, -0.15) is 0 Å². The first kappa shape index (κ1) is 20.2. The van der Waals surface area contributed by atoms with E-state index in [1.165, 1.54) is 36.4 Å². The second-order valence-corrected chi connectivity index (χ2v) is 6.88. The molecule has 3 aromatic rings. The SMILES string of the molecule is O=C1NC(=S)N(c2ccccc2F)C(=O)C1=Cc1ccc(-c2ccc(C(=O)O)cc2)o1. The van der Waals surface area contributed by atoms with Crippen molar-refractivity contribution in [3.63, 3.8) is 0 Å². The lowest BCUT2D eigenvalue weighted by Crippen LogP contribution is -2.54. The highest BCUT2D eigenvalue weighted by Crippen LogP contribution is 2.27. The van der Waals surface area contributed by atoms with Crippen LogP contribution < -0.4 is 10.2 Å². The molecule has 1 saturated heterocycles. The van der Waals surface area contributed by atoms with E-state index in [-0.39, 0.29) is 27.7 Å². The van der Waals surface area contributed by atoms with Crippen LogP contribution in [0.1, 0.15) is 16.1 Å². The number of nitrogens with zero attached hydrogens (tertiary/aromatic N) is 1. The second kappa shape index (κ2) is 7.96. The summed E-state index contributed by atoms with van der Waals surface area (Å²) in [6, 6.07) is 14.8. The van der Waals surface area contributed by atoms with E-state index < -0.39 is 23.6 Å². The number of para-hydroxylation sites is 1. The first-order valence-corrected chi connectivity index (χ1v) is 9.35. The lowest BCUT2D eigenvalue weighted by atomic mass is 10.1. The van der Waals surface area contributed by atoms with E-state index in [4.69, 9.17) is 21.7 Å². The minimum atomic E-state index is -1.05. The molecular weight excluding hydrogens is 423 g/mol. The van der Waals surface area contributed by atoms with Crippen molar-refractivity contribution in [1.82, 2.24) is 5.32 Å². The Labute approximate surface area is 180 Å². The summed E-state index contributed by atoms with van der Waals surface area (Å²) in [6.07, 6.45) is 1.24. The maximum Gasteiger partial charge on any atom is 0.335 e. The third-order valence-electron chi connectivity index (χ3n) is 4.52. The summed E-state index contributed by atoms with van der Waals surface area (Å²) in [5.41, 5.74) is 0.385. The largest absolute Gasteiger partial charge is 0.478 e. The number of hydrogen-bond acceptors (Lipinski definition) is 5. The van der Waals surface area contributed by atoms with E-state index in [0.29, 0.717) is 11.3 Å². The molecule has 1 fully saturated rings. The summed E-state index contributed by atoms with van der Waals surface area (Å²) in [6.45, 7) is 0. The van der Waals surface area contributed by atoms with Gasteiger partial charge in [-0.25, -0.2) is 14.1 Å². The third-order valence-corrected chi connectivity index (χ3v) is 4.81. The van der Waals surface area contributed by atoms with Crippen LogP contribution in [0, 0.1) is 5.82 Å². The first-order valence-electron chi connectivity index (χ1n) is 8.94. The molecule has 0 aliphatic carbocycles. The number of furan rings is 1. The maximum absolute atomic E-state index is 14.2. The van der Waals surface area contributed by atoms with Gasteiger partial charge in [0.15, 0.2) is 5.11 Å². The van der Waals surface area contributed by atoms with Gasteiger partial charge in [0.1, 0.15) is 22.9 Å². The zero-order valence-corrected chi connectivity index (χ0v) is 16.5. The van der Waals surface area contributed by atoms with Crippen molar-refractivity contribution in [3.8, 4) is 11.3 Å². The van der Waals surface area contributed by atoms with Gasteiger partial charge < -0.3 is 9.52 Å². The highest BCUT2D eigenvalue weighted by Gasteiger charge is 2.35. The molecule has 4 rings (SSSR count). The second-order valence-electron chi connectivity index (χ2n) is 6.49. The standard InChI is InChI=1S/C22H13FN2O5S/c23-16-3-1-2-4-17(16)25-20(27)15(19(26)24-22(25)31)11-14-9-10-18(30-14)12-5-7-13(8-6-12)21(28)29/h1-11H,(H,28,29)(H,24,26,31). The molecule has 2 N–H and O–H groups in total. The molecule has 154 valence electrons. The minimum Gasteiger partial charge on any atom is -0.478 e. The number of benzene rings is 2. The van der Waals surface area contributed by atoms with Gasteiger partial charge in [-0.1, -0.05) is 24.3 Å². The van der Waals surface area contributed by atoms with E-state index in [9.17, 15) is 18.8 Å². The topological polar surface area (TPSA) is 99.9 Å². The monoisotopic (exact) mass is 436 g/mol. The van der Waals surface area contributed by atoms with Crippen LogP contribution in [0.2, 0.25) is 0 Å². The zero-order chi connectivity index (χ0) is 22.1.